The number of fused-ring (bicyclic) bond motifs is 1. The highest BCUT2D eigenvalue weighted by Gasteiger charge is 2.17. The minimum absolute atomic E-state index is 0.0568. The summed E-state index contributed by atoms with van der Waals surface area (Å²) in [6.45, 7) is 4.07. The minimum Gasteiger partial charge on any atom is -0.455 e. The highest BCUT2D eigenvalue weighted by Crippen LogP contribution is 2.27. The number of benzene rings is 2. The van der Waals surface area contributed by atoms with Gasteiger partial charge in [-0.1, -0.05) is 42.5 Å². The molecule has 3 aromatic rings. The van der Waals surface area contributed by atoms with Gasteiger partial charge < -0.3 is 9.32 Å². The van der Waals surface area contributed by atoms with E-state index in [1.807, 2.05) is 42.5 Å². The van der Waals surface area contributed by atoms with Gasteiger partial charge in [0.15, 0.2) is 5.43 Å². The lowest BCUT2D eigenvalue weighted by Crippen LogP contribution is -2.30. The van der Waals surface area contributed by atoms with E-state index < -0.39 is 0 Å². The van der Waals surface area contributed by atoms with Gasteiger partial charge in [-0.2, -0.15) is 0 Å². The maximum Gasteiger partial charge on any atom is 0.219 e. The highest BCUT2D eigenvalue weighted by molar-refractivity contribution is 6.18. The summed E-state index contributed by atoms with van der Waals surface area (Å²) >= 11 is 5.81. The summed E-state index contributed by atoms with van der Waals surface area (Å²) in [7, 11) is 0. The summed E-state index contributed by atoms with van der Waals surface area (Å²) in [6, 6.07) is 15.0. The number of hydrogen-bond acceptors (Lipinski definition) is 3. The predicted octanol–water partition coefficient (Wildman–Crippen LogP) is 4.36. The van der Waals surface area contributed by atoms with Crippen LogP contribution in [-0.4, -0.2) is 23.2 Å². The smallest absolute Gasteiger partial charge is 0.219 e. The van der Waals surface area contributed by atoms with Crippen LogP contribution >= 0.6 is 11.6 Å². The van der Waals surface area contributed by atoms with E-state index in [1.54, 1.807) is 17.9 Å². The quantitative estimate of drug-likeness (QED) is 0.628. The Kier molecular flexibility index (Phi) is 5.43. The zero-order valence-corrected chi connectivity index (χ0v) is 15.5. The van der Waals surface area contributed by atoms with Gasteiger partial charge in [-0.15, -0.1) is 11.6 Å². The Hall–Kier alpha value is -2.59. The van der Waals surface area contributed by atoms with Crippen LogP contribution < -0.4 is 5.43 Å². The van der Waals surface area contributed by atoms with Crippen molar-refractivity contribution in [1.82, 2.24) is 4.90 Å². The standard InChI is InChI=1S/C21H20ClNO3/c1-14-19(25)18-10-6-9-17(13-23(12-11-22)15(2)24)21(18)26-20(14)16-7-4-3-5-8-16/h3-10H,11-13H2,1-2H3. The molecule has 0 N–H and O–H groups in total. The van der Waals surface area contributed by atoms with Crippen molar-refractivity contribution in [3.05, 3.63) is 69.9 Å². The molecule has 0 spiro atoms. The molecule has 0 atom stereocenters. The van der Waals surface area contributed by atoms with Crippen LogP contribution in [0.25, 0.3) is 22.3 Å². The second kappa shape index (κ2) is 7.75. The average Bonchev–Trinajstić information content (AvgIpc) is 2.65. The molecule has 3 rings (SSSR count). The normalized spacial score (nSPS) is 10.9. The fourth-order valence-corrected chi connectivity index (χ4v) is 3.22. The number of para-hydroxylation sites is 1. The van der Waals surface area contributed by atoms with E-state index in [2.05, 4.69) is 0 Å². The van der Waals surface area contributed by atoms with Crippen LogP contribution in [0.15, 0.2) is 57.7 Å². The molecule has 134 valence electrons. The van der Waals surface area contributed by atoms with Crippen molar-refractivity contribution in [3.8, 4) is 11.3 Å². The summed E-state index contributed by atoms with van der Waals surface area (Å²) in [4.78, 5) is 26.4. The van der Waals surface area contributed by atoms with E-state index in [-0.39, 0.29) is 11.3 Å². The van der Waals surface area contributed by atoms with Gasteiger partial charge in [0.05, 0.1) is 5.39 Å². The number of alkyl halides is 1. The second-order valence-corrected chi connectivity index (χ2v) is 6.55. The van der Waals surface area contributed by atoms with Gasteiger partial charge in [0.25, 0.3) is 0 Å². The molecule has 0 aliphatic heterocycles. The molecule has 0 aliphatic carbocycles. The van der Waals surface area contributed by atoms with Gasteiger partial charge in [0.2, 0.25) is 5.91 Å². The van der Waals surface area contributed by atoms with Crippen LogP contribution in [0.5, 0.6) is 0 Å². The topological polar surface area (TPSA) is 50.5 Å². The maximum absolute atomic E-state index is 12.9. The van der Waals surface area contributed by atoms with Gasteiger partial charge >= 0.3 is 0 Å². The molecule has 0 radical (unpaired) electrons. The Balaban J connectivity index is 2.18. The first-order valence-electron chi connectivity index (χ1n) is 8.45. The molecule has 0 bridgehead atoms. The summed E-state index contributed by atoms with van der Waals surface area (Å²) in [5, 5.41) is 0.522. The molecule has 26 heavy (non-hydrogen) atoms. The van der Waals surface area contributed by atoms with Crippen LogP contribution in [0.2, 0.25) is 0 Å². The first-order chi connectivity index (χ1) is 12.5. The minimum atomic E-state index is -0.0691. The van der Waals surface area contributed by atoms with Crippen LogP contribution in [0.4, 0.5) is 0 Å². The molecule has 4 nitrogen and oxygen atoms in total. The van der Waals surface area contributed by atoms with Crippen molar-refractivity contribution >= 4 is 28.5 Å². The first-order valence-corrected chi connectivity index (χ1v) is 8.98. The van der Waals surface area contributed by atoms with Crippen molar-refractivity contribution in [2.45, 2.75) is 20.4 Å². The molecular formula is C21H20ClNO3. The highest BCUT2D eigenvalue weighted by atomic mass is 35.5. The summed E-state index contributed by atoms with van der Waals surface area (Å²) < 4.78 is 6.18. The molecule has 0 aliphatic rings. The fourth-order valence-electron chi connectivity index (χ4n) is 3.01. The molecule has 0 unspecified atom stereocenters. The van der Waals surface area contributed by atoms with Crippen molar-refractivity contribution in [1.29, 1.82) is 0 Å². The SMILES string of the molecule is CC(=O)N(CCCl)Cc1cccc2c(=O)c(C)c(-c3ccccc3)oc12. The Bertz CT molecular complexity index is 995. The molecule has 0 saturated heterocycles. The molecule has 1 heterocycles. The molecule has 2 aromatic carbocycles. The van der Waals surface area contributed by atoms with Gasteiger partial charge in [-0.05, 0) is 13.0 Å². The fraction of sp³-hybridized carbons (Fsp3) is 0.238. The number of rotatable bonds is 5. The summed E-state index contributed by atoms with van der Waals surface area (Å²) in [5.74, 6) is 0.838. The lowest BCUT2D eigenvalue weighted by Gasteiger charge is -2.20. The molecule has 1 aromatic heterocycles. The van der Waals surface area contributed by atoms with Gasteiger partial charge in [0, 0.05) is 42.6 Å². The van der Waals surface area contributed by atoms with E-state index >= 15 is 0 Å². The molecule has 1 amide bonds. The van der Waals surface area contributed by atoms with Crippen LogP contribution in [0, 0.1) is 6.92 Å². The molecule has 5 heteroatoms. The summed E-state index contributed by atoms with van der Waals surface area (Å²) in [6.07, 6.45) is 0. The zero-order valence-electron chi connectivity index (χ0n) is 14.8. The maximum atomic E-state index is 12.9. The van der Waals surface area contributed by atoms with Crippen molar-refractivity contribution in [3.63, 3.8) is 0 Å². The number of hydrogen-bond donors (Lipinski definition) is 0. The molecule has 0 fully saturated rings. The van der Waals surface area contributed by atoms with Crippen LogP contribution in [0.1, 0.15) is 18.1 Å². The van der Waals surface area contributed by atoms with E-state index in [4.69, 9.17) is 16.0 Å². The van der Waals surface area contributed by atoms with Gasteiger partial charge in [0.1, 0.15) is 11.3 Å². The lowest BCUT2D eigenvalue weighted by atomic mass is 10.0. The van der Waals surface area contributed by atoms with Crippen molar-refractivity contribution in [2.75, 3.05) is 12.4 Å². The van der Waals surface area contributed by atoms with Gasteiger partial charge in [-0.3, -0.25) is 9.59 Å². The Morgan fingerprint density at radius 1 is 1.12 bits per heavy atom. The first kappa shape index (κ1) is 18.2. The number of halogens is 1. The van der Waals surface area contributed by atoms with Crippen molar-refractivity contribution in [2.24, 2.45) is 0 Å². The Labute approximate surface area is 157 Å². The van der Waals surface area contributed by atoms with Gasteiger partial charge in [-0.25, -0.2) is 0 Å². The molecule has 0 saturated carbocycles. The monoisotopic (exact) mass is 369 g/mol. The third-order valence-electron chi connectivity index (χ3n) is 4.42. The van der Waals surface area contributed by atoms with E-state index in [0.717, 1.165) is 11.1 Å². The lowest BCUT2D eigenvalue weighted by molar-refractivity contribution is -0.129. The van der Waals surface area contributed by atoms with E-state index in [0.29, 0.717) is 41.3 Å². The van der Waals surface area contributed by atoms with Crippen LogP contribution in [0.3, 0.4) is 0 Å². The third-order valence-corrected chi connectivity index (χ3v) is 4.59. The molecular weight excluding hydrogens is 350 g/mol. The largest absolute Gasteiger partial charge is 0.455 e. The number of carbonyl (C=O) groups is 1. The Morgan fingerprint density at radius 2 is 1.85 bits per heavy atom. The number of carbonyl (C=O) groups excluding carboxylic acids is 1. The van der Waals surface area contributed by atoms with E-state index in [9.17, 15) is 9.59 Å². The third kappa shape index (κ3) is 3.51. The van der Waals surface area contributed by atoms with Crippen molar-refractivity contribution < 1.29 is 9.21 Å². The predicted molar refractivity (Wildman–Crippen MR) is 104 cm³/mol. The summed E-state index contributed by atoms with van der Waals surface area (Å²) in [5.41, 5.74) is 2.67. The Morgan fingerprint density at radius 3 is 2.50 bits per heavy atom. The zero-order chi connectivity index (χ0) is 18.7. The van der Waals surface area contributed by atoms with E-state index in [1.165, 1.54) is 6.92 Å². The van der Waals surface area contributed by atoms with Crippen LogP contribution in [-0.2, 0) is 11.3 Å². The number of amides is 1. The average molecular weight is 370 g/mol. The second-order valence-electron chi connectivity index (χ2n) is 6.17. The number of nitrogens with zero attached hydrogens (tertiary/aromatic N) is 1.